The van der Waals surface area contributed by atoms with Gasteiger partial charge in [-0.05, 0) is 5.56 Å². The molecular weight excluding hydrogens is 286 g/mol. The highest BCUT2D eigenvalue weighted by atomic mass is 16.6. The Morgan fingerprint density at radius 1 is 1.23 bits per heavy atom. The van der Waals surface area contributed by atoms with E-state index in [1.165, 1.54) is 6.92 Å². The van der Waals surface area contributed by atoms with Crippen molar-refractivity contribution in [3.05, 3.63) is 35.9 Å². The summed E-state index contributed by atoms with van der Waals surface area (Å²) in [6.07, 6.45) is -0.570. The second-order valence-electron chi connectivity index (χ2n) is 5.27. The largest absolute Gasteiger partial charge is 0.514 e. The van der Waals surface area contributed by atoms with Crippen molar-refractivity contribution in [1.29, 1.82) is 0 Å². The van der Waals surface area contributed by atoms with Crippen LogP contribution < -0.4 is 4.90 Å². The van der Waals surface area contributed by atoms with Crippen LogP contribution in [0.1, 0.15) is 25.3 Å². The number of carbonyl (C=O) groups is 3. The number of nitrogens with one attached hydrogen (secondary N) is 1. The molecule has 6 nitrogen and oxygen atoms in total. The number of carbonyl (C=O) groups excluding carboxylic acids is 3. The molecule has 1 aliphatic rings. The Labute approximate surface area is 129 Å². The van der Waals surface area contributed by atoms with E-state index in [4.69, 9.17) is 9.47 Å². The number of ether oxygens (including phenoxy) is 2. The third-order valence-electron chi connectivity index (χ3n) is 3.55. The molecule has 1 aliphatic heterocycles. The van der Waals surface area contributed by atoms with Gasteiger partial charge in [0.15, 0.2) is 11.9 Å². The summed E-state index contributed by atoms with van der Waals surface area (Å²) in [5, 5.41) is 0. The minimum absolute atomic E-state index is 0.138. The number of benzene rings is 1. The zero-order chi connectivity index (χ0) is 15.9. The first-order valence-corrected chi connectivity index (χ1v) is 7.32. The Kier molecular flexibility index (Phi) is 5.66. The third kappa shape index (κ3) is 4.66. The van der Waals surface area contributed by atoms with Gasteiger partial charge in [0.2, 0.25) is 0 Å². The molecule has 2 unspecified atom stereocenters. The molecule has 1 aromatic rings. The fraction of sp³-hybridized carbons (Fsp3) is 0.438. The van der Waals surface area contributed by atoms with E-state index < -0.39 is 12.1 Å². The van der Waals surface area contributed by atoms with Gasteiger partial charge in [-0.15, -0.1) is 0 Å². The lowest BCUT2D eigenvalue weighted by Crippen LogP contribution is -3.14. The highest BCUT2D eigenvalue weighted by Gasteiger charge is 2.32. The number of hydrogen-bond donors (Lipinski definition) is 1. The van der Waals surface area contributed by atoms with Gasteiger partial charge < -0.3 is 9.47 Å². The van der Waals surface area contributed by atoms with Crippen LogP contribution in [0.3, 0.4) is 0 Å². The fourth-order valence-electron chi connectivity index (χ4n) is 2.38. The van der Waals surface area contributed by atoms with Crippen LogP contribution in [0.15, 0.2) is 30.3 Å². The maximum Gasteiger partial charge on any atom is 0.514 e. The Bertz CT molecular complexity index is 543. The van der Waals surface area contributed by atoms with Gasteiger partial charge in [0.25, 0.3) is 0 Å². The standard InChI is InChI=1S/C16H19NO5/c1-12(18)22-15-8-10-17(9-7-14(15)19)16(20)21-11-13-5-3-2-4-6-13/h2-6,15H,7-11H2,1H3/p+1. The van der Waals surface area contributed by atoms with Gasteiger partial charge in [0, 0.05) is 13.3 Å². The molecule has 6 heteroatoms. The predicted molar refractivity (Wildman–Crippen MR) is 77.1 cm³/mol. The molecule has 0 aliphatic carbocycles. The first-order valence-electron chi connectivity index (χ1n) is 7.32. The van der Waals surface area contributed by atoms with Crippen LogP contribution in [-0.4, -0.2) is 37.0 Å². The number of Topliss-reactive ketones (excluding diaryl/α,β-unsaturated/α-hetero) is 1. The molecule has 1 heterocycles. The van der Waals surface area contributed by atoms with Gasteiger partial charge in [-0.1, -0.05) is 30.3 Å². The predicted octanol–water partition coefficient (Wildman–Crippen LogP) is 0.503. The summed E-state index contributed by atoms with van der Waals surface area (Å²) in [6.45, 7) is 2.27. The van der Waals surface area contributed by atoms with Gasteiger partial charge in [-0.2, -0.15) is 4.79 Å². The van der Waals surface area contributed by atoms with Gasteiger partial charge >= 0.3 is 12.1 Å². The van der Waals surface area contributed by atoms with Crippen molar-refractivity contribution < 1.29 is 28.8 Å². The number of amides is 1. The van der Waals surface area contributed by atoms with E-state index >= 15 is 0 Å². The number of esters is 1. The van der Waals surface area contributed by atoms with E-state index in [9.17, 15) is 14.4 Å². The molecule has 118 valence electrons. The van der Waals surface area contributed by atoms with Crippen LogP contribution in [0.2, 0.25) is 0 Å². The average Bonchev–Trinajstić information content (AvgIpc) is 2.68. The van der Waals surface area contributed by atoms with Crippen molar-refractivity contribution in [1.82, 2.24) is 0 Å². The number of rotatable bonds is 3. The summed E-state index contributed by atoms with van der Waals surface area (Å²) in [4.78, 5) is 35.5. The van der Waals surface area contributed by atoms with Crippen molar-refractivity contribution in [3.8, 4) is 0 Å². The lowest BCUT2D eigenvalue weighted by molar-refractivity contribution is -0.823. The first-order chi connectivity index (χ1) is 10.6. The molecule has 1 N–H and O–H groups in total. The number of likely N-dealkylation sites (tertiary alicyclic amines) is 1. The molecule has 0 radical (unpaired) electrons. The summed E-state index contributed by atoms with van der Waals surface area (Å²) in [5.41, 5.74) is 0.916. The number of quaternary nitrogens is 1. The Morgan fingerprint density at radius 2 is 1.95 bits per heavy atom. The molecule has 0 saturated carbocycles. The van der Waals surface area contributed by atoms with E-state index in [2.05, 4.69) is 0 Å². The van der Waals surface area contributed by atoms with Gasteiger partial charge in [0.1, 0.15) is 6.61 Å². The van der Waals surface area contributed by atoms with E-state index in [1.54, 1.807) is 0 Å². The lowest BCUT2D eigenvalue weighted by atomic mass is 10.1. The average molecular weight is 306 g/mol. The lowest BCUT2D eigenvalue weighted by Gasteiger charge is -2.14. The van der Waals surface area contributed by atoms with E-state index in [0.717, 1.165) is 5.56 Å². The zero-order valence-electron chi connectivity index (χ0n) is 12.5. The third-order valence-corrected chi connectivity index (χ3v) is 3.55. The van der Waals surface area contributed by atoms with E-state index in [-0.39, 0.29) is 24.9 Å². The SMILES string of the molecule is CC(=O)OC1CC[NH+](C(=O)OCc2ccccc2)CCC1=O. The second-order valence-corrected chi connectivity index (χ2v) is 5.27. The van der Waals surface area contributed by atoms with Crippen LogP contribution in [0.5, 0.6) is 0 Å². The highest BCUT2D eigenvalue weighted by Crippen LogP contribution is 2.05. The first kappa shape index (κ1) is 16.2. The van der Waals surface area contributed by atoms with Gasteiger partial charge in [-0.3, -0.25) is 9.59 Å². The highest BCUT2D eigenvalue weighted by molar-refractivity contribution is 5.85. The molecule has 1 aromatic carbocycles. The van der Waals surface area contributed by atoms with Crippen LogP contribution in [0.25, 0.3) is 0 Å². The van der Waals surface area contributed by atoms with Crippen molar-refractivity contribution in [2.75, 3.05) is 13.1 Å². The van der Waals surface area contributed by atoms with Crippen molar-refractivity contribution in [3.63, 3.8) is 0 Å². The quantitative estimate of drug-likeness (QED) is 0.823. The van der Waals surface area contributed by atoms with Crippen LogP contribution in [0, 0.1) is 0 Å². The maximum absolute atomic E-state index is 12.1. The molecule has 1 fully saturated rings. The number of alkyl carbamates (subject to hydrolysis) is 2. The number of hydrogen-bond acceptors (Lipinski definition) is 5. The van der Waals surface area contributed by atoms with E-state index in [1.807, 2.05) is 30.3 Å². The molecule has 0 bridgehead atoms. The zero-order valence-corrected chi connectivity index (χ0v) is 12.5. The van der Waals surface area contributed by atoms with Crippen molar-refractivity contribution >= 4 is 17.8 Å². The summed E-state index contributed by atoms with van der Waals surface area (Å²) in [7, 11) is 0. The Morgan fingerprint density at radius 3 is 2.64 bits per heavy atom. The van der Waals surface area contributed by atoms with Crippen molar-refractivity contribution in [2.24, 2.45) is 0 Å². The molecule has 0 aromatic heterocycles. The normalized spacial score (nSPS) is 21.8. The van der Waals surface area contributed by atoms with Gasteiger partial charge in [0.05, 0.1) is 19.5 Å². The molecular formula is C16H20NO5+. The Balaban J connectivity index is 1.86. The monoisotopic (exact) mass is 306 g/mol. The van der Waals surface area contributed by atoms with E-state index in [0.29, 0.717) is 24.4 Å². The molecule has 22 heavy (non-hydrogen) atoms. The summed E-state index contributed by atoms with van der Waals surface area (Å²) in [6, 6.07) is 9.41. The number of ketones is 1. The molecule has 1 saturated heterocycles. The van der Waals surface area contributed by atoms with Crippen LogP contribution >= 0.6 is 0 Å². The molecule has 2 rings (SSSR count). The molecule has 0 spiro atoms. The summed E-state index contributed by atoms with van der Waals surface area (Å²) < 4.78 is 10.3. The van der Waals surface area contributed by atoms with Crippen LogP contribution in [0.4, 0.5) is 4.79 Å². The molecule has 1 amide bonds. The summed E-state index contributed by atoms with van der Waals surface area (Å²) in [5.74, 6) is -0.616. The maximum atomic E-state index is 12.1. The Hall–Kier alpha value is -2.21. The smallest absolute Gasteiger partial charge is 0.454 e. The fourth-order valence-corrected chi connectivity index (χ4v) is 2.38. The topological polar surface area (TPSA) is 74.1 Å². The van der Waals surface area contributed by atoms with Crippen LogP contribution in [-0.2, 0) is 25.7 Å². The summed E-state index contributed by atoms with van der Waals surface area (Å²) >= 11 is 0. The molecule has 2 atom stereocenters. The van der Waals surface area contributed by atoms with Crippen molar-refractivity contribution in [2.45, 2.75) is 32.5 Å². The minimum atomic E-state index is -0.739. The second kappa shape index (κ2) is 7.70. The minimum Gasteiger partial charge on any atom is -0.454 e. The van der Waals surface area contributed by atoms with Gasteiger partial charge in [-0.25, -0.2) is 4.90 Å².